The molecule has 0 aliphatic heterocycles. The first-order valence-corrected chi connectivity index (χ1v) is 10.5. The highest BCUT2D eigenvalue weighted by Crippen LogP contribution is 2.29. The van der Waals surface area contributed by atoms with E-state index in [1.54, 1.807) is 7.05 Å². The lowest BCUT2D eigenvalue weighted by atomic mass is 10.1. The van der Waals surface area contributed by atoms with Crippen molar-refractivity contribution >= 4 is 41.3 Å². The van der Waals surface area contributed by atoms with Crippen LogP contribution in [0.5, 0.6) is 0 Å². The van der Waals surface area contributed by atoms with Crippen LogP contribution in [0.2, 0.25) is 0 Å². The Morgan fingerprint density at radius 3 is 2.47 bits per heavy atom. The summed E-state index contributed by atoms with van der Waals surface area (Å²) < 4.78 is 37.8. The molecule has 10 heteroatoms. The Kier molecular flexibility index (Phi) is 11.6. The first kappa shape index (κ1) is 26.6. The van der Waals surface area contributed by atoms with Gasteiger partial charge in [-0.2, -0.15) is 13.2 Å². The lowest BCUT2D eigenvalue weighted by Gasteiger charge is -2.18. The molecule has 0 fully saturated rings. The summed E-state index contributed by atoms with van der Waals surface area (Å²) in [6.07, 6.45) is -3.99. The Balaban J connectivity index is 0.00000450. The molecule has 0 atom stereocenters. The quantitative estimate of drug-likeness (QED) is 0.271. The lowest BCUT2D eigenvalue weighted by Crippen LogP contribution is -2.37. The van der Waals surface area contributed by atoms with Crippen LogP contribution in [0.3, 0.4) is 0 Å². The number of nitrogens with zero attached hydrogens (tertiary/aromatic N) is 3. The van der Waals surface area contributed by atoms with Crippen LogP contribution in [0.1, 0.15) is 35.7 Å². The average molecular weight is 555 g/mol. The van der Waals surface area contributed by atoms with Gasteiger partial charge >= 0.3 is 6.18 Å². The number of guanidine groups is 1. The van der Waals surface area contributed by atoms with E-state index in [1.165, 1.54) is 5.56 Å². The Labute approximate surface area is 197 Å². The molecule has 0 bridgehead atoms. The zero-order chi connectivity index (χ0) is 21.3. The summed E-state index contributed by atoms with van der Waals surface area (Å²) in [5, 5.41) is 7.85. The third-order valence-electron chi connectivity index (χ3n) is 4.45. The van der Waals surface area contributed by atoms with E-state index in [1.807, 2.05) is 6.07 Å². The normalized spacial score (nSPS) is 12.0. The minimum Gasteiger partial charge on any atom is -0.356 e. The number of halogens is 4. The van der Waals surface area contributed by atoms with Crippen molar-refractivity contribution in [2.75, 3.05) is 26.7 Å². The van der Waals surface area contributed by atoms with Crippen molar-refractivity contribution < 1.29 is 13.2 Å². The summed E-state index contributed by atoms with van der Waals surface area (Å²) >= 11 is 1.02. The molecule has 2 N–H and O–H groups in total. The second kappa shape index (κ2) is 13.1. The molecule has 5 nitrogen and oxygen atoms in total. The summed E-state index contributed by atoms with van der Waals surface area (Å²) in [6, 6.07) is 8.40. The lowest BCUT2D eigenvalue weighted by molar-refractivity contribution is -0.140. The van der Waals surface area contributed by atoms with E-state index in [4.69, 9.17) is 0 Å². The number of nitrogens with one attached hydrogen (secondary N) is 2. The topological polar surface area (TPSA) is 52.5 Å². The number of alkyl halides is 3. The van der Waals surface area contributed by atoms with Crippen LogP contribution < -0.4 is 10.6 Å². The first-order chi connectivity index (χ1) is 13.9. The Morgan fingerprint density at radius 1 is 1.17 bits per heavy atom. The predicted octanol–water partition coefficient (Wildman–Crippen LogP) is 4.53. The Bertz CT molecular complexity index is 791. The first-order valence-electron chi connectivity index (χ1n) is 9.62. The number of hydrogen-bond donors (Lipinski definition) is 2. The molecule has 2 rings (SSSR count). The molecule has 0 amide bonds. The van der Waals surface area contributed by atoms with E-state index in [9.17, 15) is 13.2 Å². The number of hydrogen-bond acceptors (Lipinski definition) is 4. The second-order valence-corrected chi connectivity index (χ2v) is 7.45. The maximum atomic E-state index is 12.6. The second-order valence-electron chi connectivity index (χ2n) is 6.51. The monoisotopic (exact) mass is 555 g/mol. The average Bonchev–Trinajstić information content (AvgIpc) is 3.18. The molecule has 0 spiro atoms. The van der Waals surface area contributed by atoms with E-state index >= 15 is 0 Å². The highest BCUT2D eigenvalue weighted by Gasteiger charge is 2.33. The van der Waals surface area contributed by atoms with Crippen molar-refractivity contribution in [1.82, 2.24) is 20.5 Å². The molecular weight excluding hydrogens is 526 g/mol. The Morgan fingerprint density at radius 2 is 1.87 bits per heavy atom. The van der Waals surface area contributed by atoms with E-state index in [2.05, 4.69) is 57.6 Å². The number of aliphatic imine (C=N–C) groups is 1. The number of rotatable bonds is 9. The predicted molar refractivity (Wildman–Crippen MR) is 128 cm³/mol. The van der Waals surface area contributed by atoms with Crippen molar-refractivity contribution in [3.63, 3.8) is 0 Å². The van der Waals surface area contributed by atoms with E-state index in [0.717, 1.165) is 41.9 Å². The van der Waals surface area contributed by atoms with E-state index in [-0.39, 0.29) is 24.0 Å². The molecule has 0 saturated heterocycles. The number of benzene rings is 1. The molecule has 168 valence electrons. The number of thiazole rings is 1. The fourth-order valence-electron chi connectivity index (χ4n) is 2.79. The summed E-state index contributed by atoms with van der Waals surface area (Å²) in [7, 11) is 1.66. The van der Waals surface area contributed by atoms with Gasteiger partial charge in [-0.3, -0.25) is 9.89 Å². The summed E-state index contributed by atoms with van der Waals surface area (Å²) in [5.74, 6) is 0.603. The van der Waals surface area contributed by atoms with Gasteiger partial charge < -0.3 is 10.6 Å². The smallest absolute Gasteiger partial charge is 0.356 e. The maximum Gasteiger partial charge on any atom is 0.434 e. The summed E-state index contributed by atoms with van der Waals surface area (Å²) in [4.78, 5) is 10.2. The van der Waals surface area contributed by atoms with Gasteiger partial charge in [0.1, 0.15) is 0 Å². The van der Waals surface area contributed by atoms with Gasteiger partial charge in [-0.25, -0.2) is 4.98 Å². The van der Waals surface area contributed by atoms with Gasteiger partial charge in [-0.05, 0) is 24.2 Å². The SMILES string of the molecule is CCN(CC)Cc1cccc(CNC(=NC)NCCc2nc(C(F)(F)F)cs2)c1.I. The van der Waals surface area contributed by atoms with Crippen molar-refractivity contribution in [2.24, 2.45) is 4.99 Å². The maximum absolute atomic E-state index is 12.6. The molecule has 30 heavy (non-hydrogen) atoms. The van der Waals surface area contributed by atoms with Gasteiger partial charge in [0.2, 0.25) is 0 Å². The largest absolute Gasteiger partial charge is 0.434 e. The van der Waals surface area contributed by atoms with Gasteiger partial charge in [0, 0.05) is 38.5 Å². The molecule has 1 aromatic carbocycles. The van der Waals surface area contributed by atoms with Crippen LogP contribution in [0.15, 0.2) is 34.6 Å². The van der Waals surface area contributed by atoms with Gasteiger partial charge in [-0.1, -0.05) is 38.1 Å². The standard InChI is InChI=1S/C20H28F3N5S.HI/c1-4-28(5-2)13-16-8-6-7-15(11-16)12-26-19(24-3)25-10-9-18-27-17(14-29-18)20(21,22)23;/h6-8,11,14H,4-5,9-10,12-13H2,1-3H3,(H2,24,25,26);1H. The molecule has 0 aliphatic carbocycles. The summed E-state index contributed by atoms with van der Waals surface area (Å²) in [5.41, 5.74) is 1.58. The molecule has 1 heterocycles. The zero-order valence-corrected chi connectivity index (χ0v) is 20.6. The molecule has 1 aromatic heterocycles. The van der Waals surface area contributed by atoms with Gasteiger partial charge in [0.15, 0.2) is 11.7 Å². The van der Waals surface area contributed by atoms with Crippen molar-refractivity contribution in [1.29, 1.82) is 0 Å². The van der Waals surface area contributed by atoms with E-state index < -0.39 is 11.9 Å². The van der Waals surface area contributed by atoms with Crippen molar-refractivity contribution in [2.45, 2.75) is 39.5 Å². The third-order valence-corrected chi connectivity index (χ3v) is 5.36. The van der Waals surface area contributed by atoms with Crippen molar-refractivity contribution in [3.8, 4) is 0 Å². The molecular formula is C20H29F3IN5S. The van der Waals surface area contributed by atoms with Crippen LogP contribution in [0.4, 0.5) is 13.2 Å². The molecule has 0 unspecified atom stereocenters. The fraction of sp³-hybridized carbons (Fsp3) is 0.500. The highest BCUT2D eigenvalue weighted by atomic mass is 127. The van der Waals surface area contributed by atoms with Crippen LogP contribution in [0.25, 0.3) is 0 Å². The number of aromatic nitrogens is 1. The summed E-state index contributed by atoms with van der Waals surface area (Å²) in [6.45, 7) is 8.31. The van der Waals surface area contributed by atoms with Crippen LogP contribution >= 0.6 is 35.3 Å². The molecule has 0 radical (unpaired) electrons. The van der Waals surface area contributed by atoms with Crippen LogP contribution in [-0.2, 0) is 25.7 Å². The fourth-order valence-corrected chi connectivity index (χ4v) is 3.60. The van der Waals surface area contributed by atoms with Crippen molar-refractivity contribution in [3.05, 3.63) is 51.5 Å². The molecule has 0 saturated carbocycles. The molecule has 2 aromatic rings. The minimum absolute atomic E-state index is 0. The van der Waals surface area contributed by atoms with Gasteiger partial charge in [-0.15, -0.1) is 35.3 Å². The van der Waals surface area contributed by atoms with E-state index in [0.29, 0.717) is 30.5 Å². The van der Waals surface area contributed by atoms with Crippen LogP contribution in [0, 0.1) is 0 Å². The third kappa shape index (κ3) is 8.76. The zero-order valence-electron chi connectivity index (χ0n) is 17.4. The van der Waals surface area contributed by atoms with Crippen LogP contribution in [-0.4, -0.2) is 42.5 Å². The Hall–Kier alpha value is -1.40. The highest BCUT2D eigenvalue weighted by molar-refractivity contribution is 14.0. The van der Waals surface area contributed by atoms with Gasteiger partial charge in [0.25, 0.3) is 0 Å². The van der Waals surface area contributed by atoms with Gasteiger partial charge in [0.05, 0.1) is 5.01 Å². The minimum atomic E-state index is -4.39. The molecule has 0 aliphatic rings.